The van der Waals surface area contributed by atoms with Crippen LogP contribution in [0.2, 0.25) is 0 Å². The van der Waals surface area contributed by atoms with Crippen LogP contribution in [0, 0.1) is 11.2 Å². The Morgan fingerprint density at radius 2 is 1.93 bits per heavy atom. The maximum atomic E-state index is 14.5. The van der Waals surface area contributed by atoms with Gasteiger partial charge in [-0.1, -0.05) is 24.3 Å². The number of benzene rings is 2. The molecule has 1 fully saturated rings. The molecule has 2 aromatic carbocycles. The molecule has 3 aromatic rings. The Labute approximate surface area is 241 Å². The van der Waals surface area contributed by atoms with Crippen molar-refractivity contribution in [1.82, 2.24) is 35.3 Å². The van der Waals surface area contributed by atoms with Crippen molar-refractivity contribution in [3.8, 4) is 11.5 Å². The first-order valence-corrected chi connectivity index (χ1v) is 14.1. The van der Waals surface area contributed by atoms with Crippen molar-refractivity contribution >= 4 is 17.7 Å². The second-order valence-electron chi connectivity index (χ2n) is 11.0. The fourth-order valence-electron chi connectivity index (χ4n) is 6.11. The lowest BCUT2D eigenvalue weighted by molar-refractivity contribution is -0.132. The first kappa shape index (κ1) is 27.6. The summed E-state index contributed by atoms with van der Waals surface area (Å²) in [7, 11) is 0. The third kappa shape index (κ3) is 5.50. The van der Waals surface area contributed by atoms with E-state index in [9.17, 15) is 18.8 Å². The molecule has 4 aliphatic heterocycles. The minimum absolute atomic E-state index is 0.00605. The predicted octanol–water partition coefficient (Wildman–Crippen LogP) is 1.64. The highest BCUT2D eigenvalue weighted by molar-refractivity contribution is 5.95. The summed E-state index contributed by atoms with van der Waals surface area (Å²) < 4.78 is 28.4. The monoisotopic (exact) mass is 577 g/mol. The van der Waals surface area contributed by atoms with Crippen molar-refractivity contribution < 1.29 is 28.2 Å². The van der Waals surface area contributed by atoms with Crippen molar-refractivity contribution in [3.63, 3.8) is 0 Å². The van der Waals surface area contributed by atoms with Gasteiger partial charge in [0.1, 0.15) is 18.7 Å². The summed E-state index contributed by atoms with van der Waals surface area (Å²) in [6.07, 6.45) is 2.65. The number of hydrogen-bond acceptors (Lipinski definition) is 8. The smallest absolute Gasteiger partial charge is 0.256 e. The van der Waals surface area contributed by atoms with Crippen molar-refractivity contribution in [2.45, 2.75) is 31.7 Å². The van der Waals surface area contributed by atoms with Gasteiger partial charge in [0.25, 0.3) is 5.91 Å². The normalized spacial score (nSPS) is 22.6. The number of halogens is 1. The molecule has 12 nitrogen and oxygen atoms in total. The van der Waals surface area contributed by atoms with E-state index in [1.807, 2.05) is 18.2 Å². The molecule has 42 heavy (non-hydrogen) atoms. The molecule has 1 saturated heterocycles. The van der Waals surface area contributed by atoms with E-state index in [0.29, 0.717) is 57.1 Å². The summed E-state index contributed by atoms with van der Waals surface area (Å²) in [6, 6.07) is 11.7. The number of nitrogens with one attached hydrogen (secondary N) is 1. The molecule has 1 aromatic heterocycles. The molecular weight excluding hydrogens is 545 g/mol. The highest BCUT2D eigenvalue weighted by atomic mass is 19.1. The van der Waals surface area contributed by atoms with Crippen LogP contribution in [0.4, 0.5) is 4.39 Å². The molecule has 5 heterocycles. The minimum Gasteiger partial charge on any atom is -0.490 e. The van der Waals surface area contributed by atoms with E-state index in [0.717, 1.165) is 5.56 Å². The number of carbonyl (C=O) groups excluding carboxylic acids is 3. The van der Waals surface area contributed by atoms with E-state index in [4.69, 9.17) is 9.47 Å². The van der Waals surface area contributed by atoms with E-state index in [2.05, 4.69) is 20.8 Å². The van der Waals surface area contributed by atoms with Crippen molar-refractivity contribution in [3.05, 3.63) is 65.7 Å². The maximum Gasteiger partial charge on any atom is 0.256 e. The lowest BCUT2D eigenvalue weighted by Crippen LogP contribution is -2.48. The van der Waals surface area contributed by atoms with E-state index in [1.165, 1.54) is 23.1 Å². The molecule has 1 N–H and O–H groups in total. The molecule has 220 valence electrons. The van der Waals surface area contributed by atoms with Crippen LogP contribution in [-0.2, 0) is 16.1 Å². The van der Waals surface area contributed by atoms with Crippen LogP contribution < -0.4 is 14.8 Å². The molecule has 0 saturated carbocycles. The molecule has 13 heteroatoms. The Morgan fingerprint density at radius 3 is 2.76 bits per heavy atom. The van der Waals surface area contributed by atoms with Crippen LogP contribution >= 0.6 is 0 Å². The van der Waals surface area contributed by atoms with Gasteiger partial charge >= 0.3 is 0 Å². The van der Waals surface area contributed by atoms with E-state index >= 15 is 0 Å². The largest absolute Gasteiger partial charge is 0.490 e. The number of ether oxygens (including phenoxy) is 2. The molecular formula is C29H32FN7O5. The van der Waals surface area contributed by atoms with E-state index in [1.54, 1.807) is 21.9 Å². The zero-order valence-electron chi connectivity index (χ0n) is 23.1. The Bertz CT molecular complexity index is 1470. The number of aromatic nitrogens is 4. The maximum absolute atomic E-state index is 14.5. The third-order valence-electron chi connectivity index (χ3n) is 8.27. The molecule has 7 rings (SSSR count). The van der Waals surface area contributed by atoms with Crippen LogP contribution in [0.1, 0.15) is 41.1 Å². The fraction of sp³-hybridized carbons (Fsp3) is 0.448. The summed E-state index contributed by atoms with van der Waals surface area (Å²) in [4.78, 5) is 42.7. The average Bonchev–Trinajstić information content (AvgIpc) is 3.65. The fourth-order valence-corrected chi connectivity index (χ4v) is 6.11. The molecule has 2 atom stereocenters. The van der Waals surface area contributed by atoms with Gasteiger partial charge in [0.2, 0.25) is 11.8 Å². The standard InChI is InChI=1S/C29H32FN7O5/c30-23-8-2-1-6-21(23)28(40)36-14-22-20-7-3-9-24-27(20)42-18-29(22,17-36)16-31-25(38)10-4-11-35(12-5-13-41-24)26(39)15-37-19-32-33-34-37/h1-3,6-9,19,22H,4-5,10-18H2,(H,31,38)/t22-,29+/m0/s1. The molecule has 0 aliphatic carbocycles. The van der Waals surface area contributed by atoms with Crippen molar-refractivity contribution in [2.75, 3.05) is 45.9 Å². The Kier molecular flexibility index (Phi) is 7.72. The summed E-state index contributed by atoms with van der Waals surface area (Å²) in [5.41, 5.74) is 0.306. The van der Waals surface area contributed by atoms with Gasteiger partial charge in [-0.3, -0.25) is 14.4 Å². The van der Waals surface area contributed by atoms with Crippen LogP contribution in [0.3, 0.4) is 0 Å². The number of carbonyl (C=O) groups is 3. The van der Waals surface area contributed by atoms with Gasteiger partial charge in [-0.15, -0.1) is 5.10 Å². The Hall–Kier alpha value is -4.55. The van der Waals surface area contributed by atoms with Crippen molar-refractivity contribution in [2.24, 2.45) is 5.41 Å². The van der Waals surface area contributed by atoms with Crippen LogP contribution in [0.25, 0.3) is 0 Å². The number of para-hydroxylation sites is 1. The molecule has 4 aliphatic rings. The highest BCUT2D eigenvalue weighted by Gasteiger charge is 2.53. The Balaban J connectivity index is 1.24. The van der Waals surface area contributed by atoms with Gasteiger partial charge in [-0.2, -0.15) is 0 Å². The quantitative estimate of drug-likeness (QED) is 0.497. The number of amides is 3. The van der Waals surface area contributed by atoms with Gasteiger partial charge in [-0.25, -0.2) is 9.07 Å². The lowest BCUT2D eigenvalue weighted by Gasteiger charge is -2.40. The molecule has 0 radical (unpaired) electrons. The lowest BCUT2D eigenvalue weighted by atomic mass is 9.73. The van der Waals surface area contributed by atoms with Crippen LogP contribution in [-0.4, -0.2) is 93.7 Å². The second-order valence-corrected chi connectivity index (χ2v) is 11.0. The molecule has 3 amide bonds. The number of nitrogens with zero attached hydrogens (tertiary/aromatic N) is 6. The zero-order chi connectivity index (χ0) is 29.1. The molecule has 4 bridgehead atoms. The number of rotatable bonds is 3. The first-order valence-electron chi connectivity index (χ1n) is 14.1. The summed E-state index contributed by atoms with van der Waals surface area (Å²) >= 11 is 0. The highest BCUT2D eigenvalue weighted by Crippen LogP contribution is 2.52. The van der Waals surface area contributed by atoms with E-state index in [-0.39, 0.29) is 55.3 Å². The van der Waals surface area contributed by atoms with Gasteiger partial charge in [0, 0.05) is 56.0 Å². The van der Waals surface area contributed by atoms with Crippen LogP contribution in [0.15, 0.2) is 48.8 Å². The SMILES string of the molecule is O=C1CCCN(C(=O)Cn2cnnn2)CCCOc2cccc3c2OC[C@@]2(CN1)CN(C(=O)c1ccccc1F)C[C@@H]32. The zero-order valence-corrected chi connectivity index (χ0v) is 23.1. The summed E-state index contributed by atoms with van der Waals surface area (Å²) in [5.74, 6) is -0.199. The summed E-state index contributed by atoms with van der Waals surface area (Å²) in [5, 5.41) is 14.0. The molecule has 1 spiro atoms. The topological polar surface area (TPSA) is 132 Å². The molecule has 0 unspecified atom stereocenters. The predicted molar refractivity (Wildman–Crippen MR) is 146 cm³/mol. The van der Waals surface area contributed by atoms with Crippen molar-refractivity contribution in [1.29, 1.82) is 0 Å². The minimum atomic E-state index is -0.604. The number of tetrazole rings is 1. The number of likely N-dealkylation sites (tertiary alicyclic amines) is 1. The van der Waals surface area contributed by atoms with E-state index < -0.39 is 11.2 Å². The first-order chi connectivity index (χ1) is 20.4. The second kappa shape index (κ2) is 11.7. The number of hydrogen-bond donors (Lipinski definition) is 1. The van der Waals surface area contributed by atoms with Crippen LogP contribution in [0.5, 0.6) is 11.5 Å². The van der Waals surface area contributed by atoms with Gasteiger partial charge < -0.3 is 24.6 Å². The Morgan fingerprint density at radius 1 is 1.07 bits per heavy atom. The van der Waals surface area contributed by atoms with Gasteiger partial charge in [0.15, 0.2) is 11.5 Å². The third-order valence-corrected chi connectivity index (χ3v) is 8.27. The average molecular weight is 578 g/mol. The van der Waals surface area contributed by atoms with Gasteiger partial charge in [0.05, 0.1) is 18.8 Å². The number of fused-ring (bicyclic) bond motifs is 11. The summed E-state index contributed by atoms with van der Waals surface area (Å²) in [6.45, 7) is 2.41. The van der Waals surface area contributed by atoms with Gasteiger partial charge in [-0.05, 0) is 41.5 Å².